The summed E-state index contributed by atoms with van der Waals surface area (Å²) < 4.78 is 28.5. The zero-order chi connectivity index (χ0) is 20.4. The maximum absolute atomic E-state index is 12.8. The average Bonchev–Trinajstić information content (AvgIpc) is 2.71. The molecule has 0 aliphatic carbocycles. The van der Waals surface area contributed by atoms with Crippen molar-refractivity contribution in [2.45, 2.75) is 6.42 Å². The molecule has 0 aliphatic heterocycles. The summed E-state index contributed by atoms with van der Waals surface area (Å²) in [5, 5.41) is 3.26. The lowest BCUT2D eigenvalue weighted by Gasteiger charge is -2.13. The van der Waals surface area contributed by atoms with Crippen molar-refractivity contribution in [3.05, 3.63) is 53.8 Å². The van der Waals surface area contributed by atoms with Crippen LogP contribution >= 0.6 is 12.2 Å². The van der Waals surface area contributed by atoms with Crippen LogP contribution in [0.1, 0.15) is 5.56 Å². The zero-order valence-corrected chi connectivity index (χ0v) is 16.4. The number of carbonyl (C=O) groups is 1. The van der Waals surface area contributed by atoms with E-state index in [9.17, 15) is 9.18 Å². The van der Waals surface area contributed by atoms with Crippen molar-refractivity contribution in [3.8, 4) is 17.2 Å². The highest BCUT2D eigenvalue weighted by atomic mass is 32.1. The number of methoxy groups -OCH3 is 2. The molecule has 7 nitrogen and oxygen atoms in total. The Bertz CT molecular complexity index is 802. The van der Waals surface area contributed by atoms with Gasteiger partial charge in [0.1, 0.15) is 11.6 Å². The largest absolute Gasteiger partial charge is 0.493 e. The first-order valence-electron chi connectivity index (χ1n) is 8.43. The molecule has 0 saturated carbocycles. The lowest BCUT2D eigenvalue weighted by atomic mass is 10.1. The van der Waals surface area contributed by atoms with E-state index in [1.807, 2.05) is 18.2 Å². The van der Waals surface area contributed by atoms with Crippen LogP contribution in [0, 0.1) is 5.82 Å². The van der Waals surface area contributed by atoms with Gasteiger partial charge in [-0.25, -0.2) is 4.39 Å². The Balaban J connectivity index is 1.65. The molecule has 0 aliphatic rings. The Hall–Kier alpha value is -3.07. The molecule has 0 heterocycles. The highest BCUT2D eigenvalue weighted by Gasteiger charge is 2.06. The van der Waals surface area contributed by atoms with Crippen LogP contribution in [0.15, 0.2) is 42.5 Å². The van der Waals surface area contributed by atoms with Crippen molar-refractivity contribution >= 4 is 23.2 Å². The lowest BCUT2D eigenvalue weighted by Crippen LogP contribution is -2.48. The first-order valence-corrected chi connectivity index (χ1v) is 8.84. The number of halogens is 1. The number of nitrogens with one attached hydrogen (secondary N) is 3. The molecular formula is C19H22FN3O4S. The van der Waals surface area contributed by atoms with Gasteiger partial charge in [0, 0.05) is 6.54 Å². The van der Waals surface area contributed by atoms with Crippen molar-refractivity contribution in [2.75, 3.05) is 27.4 Å². The molecule has 3 N–H and O–H groups in total. The van der Waals surface area contributed by atoms with Crippen molar-refractivity contribution < 1.29 is 23.4 Å². The predicted molar refractivity (Wildman–Crippen MR) is 107 cm³/mol. The highest BCUT2D eigenvalue weighted by molar-refractivity contribution is 7.80. The minimum Gasteiger partial charge on any atom is -0.493 e. The number of hydrogen-bond donors (Lipinski definition) is 3. The third kappa shape index (κ3) is 6.92. The smallest absolute Gasteiger partial charge is 0.276 e. The topological polar surface area (TPSA) is 80.9 Å². The highest BCUT2D eigenvalue weighted by Crippen LogP contribution is 2.27. The Morgan fingerprint density at radius 3 is 2.43 bits per heavy atom. The van der Waals surface area contributed by atoms with Crippen LogP contribution in [0.25, 0.3) is 0 Å². The van der Waals surface area contributed by atoms with Crippen LogP contribution in [0.5, 0.6) is 17.2 Å². The fraction of sp³-hybridized carbons (Fsp3) is 0.263. The molecule has 0 atom stereocenters. The summed E-state index contributed by atoms with van der Waals surface area (Å²) in [7, 11) is 3.17. The van der Waals surface area contributed by atoms with E-state index in [1.165, 1.54) is 24.3 Å². The van der Waals surface area contributed by atoms with Gasteiger partial charge in [0.05, 0.1) is 14.2 Å². The maximum Gasteiger partial charge on any atom is 0.276 e. The second-order valence-electron chi connectivity index (χ2n) is 5.61. The average molecular weight is 407 g/mol. The second kappa shape index (κ2) is 10.9. The molecule has 0 bridgehead atoms. The van der Waals surface area contributed by atoms with E-state index < -0.39 is 5.91 Å². The van der Waals surface area contributed by atoms with Crippen molar-refractivity contribution in [1.29, 1.82) is 0 Å². The van der Waals surface area contributed by atoms with Gasteiger partial charge in [0.2, 0.25) is 0 Å². The molecular weight excluding hydrogens is 385 g/mol. The number of ether oxygens (including phenoxy) is 3. The molecule has 0 unspecified atom stereocenters. The van der Waals surface area contributed by atoms with E-state index in [0.29, 0.717) is 30.2 Å². The maximum atomic E-state index is 12.8. The summed E-state index contributed by atoms with van der Waals surface area (Å²) in [6.07, 6.45) is 0.698. The minimum absolute atomic E-state index is 0.229. The van der Waals surface area contributed by atoms with Gasteiger partial charge in [-0.2, -0.15) is 0 Å². The third-order valence-electron chi connectivity index (χ3n) is 3.65. The van der Waals surface area contributed by atoms with Gasteiger partial charge < -0.3 is 19.5 Å². The Morgan fingerprint density at radius 1 is 1.04 bits per heavy atom. The molecule has 28 heavy (non-hydrogen) atoms. The van der Waals surface area contributed by atoms with Crippen LogP contribution in [0.4, 0.5) is 4.39 Å². The summed E-state index contributed by atoms with van der Waals surface area (Å²) in [5.74, 6) is 0.930. The number of hydrazine groups is 1. The fourth-order valence-electron chi connectivity index (χ4n) is 2.24. The van der Waals surface area contributed by atoms with Crippen LogP contribution < -0.4 is 30.4 Å². The molecule has 0 spiro atoms. The number of hydrogen-bond acceptors (Lipinski definition) is 5. The third-order valence-corrected chi connectivity index (χ3v) is 3.89. The van der Waals surface area contributed by atoms with Gasteiger partial charge >= 0.3 is 0 Å². The molecule has 2 aromatic rings. The van der Waals surface area contributed by atoms with Crippen LogP contribution in [-0.4, -0.2) is 38.4 Å². The van der Waals surface area contributed by atoms with E-state index in [1.54, 1.807) is 14.2 Å². The van der Waals surface area contributed by atoms with Crippen molar-refractivity contribution in [1.82, 2.24) is 16.2 Å². The van der Waals surface area contributed by atoms with E-state index in [2.05, 4.69) is 16.2 Å². The summed E-state index contributed by atoms with van der Waals surface area (Å²) >= 11 is 5.10. The number of thiocarbonyl (C=S) groups is 1. The number of rotatable bonds is 8. The second-order valence-corrected chi connectivity index (χ2v) is 6.02. The minimum atomic E-state index is -0.423. The summed E-state index contributed by atoms with van der Waals surface area (Å²) in [6, 6.07) is 11.1. The van der Waals surface area contributed by atoms with Gasteiger partial charge in [-0.3, -0.25) is 15.6 Å². The van der Waals surface area contributed by atoms with Crippen LogP contribution in [-0.2, 0) is 11.2 Å². The molecule has 1 amide bonds. The van der Waals surface area contributed by atoms with Gasteiger partial charge in [0.15, 0.2) is 23.2 Å². The summed E-state index contributed by atoms with van der Waals surface area (Å²) in [4.78, 5) is 11.7. The Labute approximate surface area is 168 Å². The van der Waals surface area contributed by atoms with E-state index in [-0.39, 0.29) is 17.5 Å². The zero-order valence-electron chi connectivity index (χ0n) is 15.6. The Morgan fingerprint density at radius 2 is 1.75 bits per heavy atom. The first-order chi connectivity index (χ1) is 13.5. The quantitative estimate of drug-likeness (QED) is 0.456. The van der Waals surface area contributed by atoms with E-state index in [0.717, 1.165) is 5.56 Å². The fourth-order valence-corrected chi connectivity index (χ4v) is 2.40. The standard InChI is InChI=1S/C19H22FN3O4S/c1-25-16-8-3-13(11-17(16)26-2)9-10-21-19(28)23-22-18(24)12-27-15-6-4-14(20)5-7-15/h3-8,11H,9-10,12H2,1-2H3,(H,22,24)(H2,21,23,28). The normalized spacial score (nSPS) is 9.96. The van der Waals surface area contributed by atoms with E-state index >= 15 is 0 Å². The van der Waals surface area contributed by atoms with Gasteiger partial charge in [0.25, 0.3) is 5.91 Å². The molecule has 0 saturated heterocycles. The molecule has 0 fully saturated rings. The number of carbonyl (C=O) groups excluding carboxylic acids is 1. The Kier molecular flexibility index (Phi) is 8.29. The number of amides is 1. The molecule has 2 rings (SSSR count). The van der Waals surface area contributed by atoms with Crippen molar-refractivity contribution in [2.24, 2.45) is 0 Å². The van der Waals surface area contributed by atoms with Crippen LogP contribution in [0.3, 0.4) is 0 Å². The molecule has 0 radical (unpaired) electrons. The van der Waals surface area contributed by atoms with Gasteiger partial charge in [-0.15, -0.1) is 0 Å². The summed E-state index contributed by atoms with van der Waals surface area (Å²) in [6.45, 7) is 0.330. The number of benzene rings is 2. The molecule has 0 aromatic heterocycles. The van der Waals surface area contributed by atoms with Gasteiger partial charge in [-0.05, 0) is 60.6 Å². The summed E-state index contributed by atoms with van der Waals surface area (Å²) in [5.41, 5.74) is 6.05. The monoisotopic (exact) mass is 407 g/mol. The first kappa shape index (κ1) is 21.2. The van der Waals surface area contributed by atoms with Crippen molar-refractivity contribution in [3.63, 3.8) is 0 Å². The van der Waals surface area contributed by atoms with Gasteiger partial charge in [-0.1, -0.05) is 6.07 Å². The predicted octanol–water partition coefficient (Wildman–Crippen LogP) is 1.96. The molecule has 2 aromatic carbocycles. The molecule has 9 heteroatoms. The molecule has 150 valence electrons. The van der Waals surface area contributed by atoms with Crippen LogP contribution in [0.2, 0.25) is 0 Å². The SMILES string of the molecule is COc1ccc(CCNC(=S)NNC(=O)COc2ccc(F)cc2)cc1OC. The lowest BCUT2D eigenvalue weighted by molar-refractivity contribution is -0.123. The van der Waals surface area contributed by atoms with E-state index in [4.69, 9.17) is 26.4 Å².